The molecule has 28 heavy (non-hydrogen) atoms. The molecule has 0 aromatic carbocycles. The number of aryl methyl sites for hydroxylation is 1. The molecule has 1 N–H and O–H groups in total. The molecule has 0 bridgehead atoms. The van der Waals surface area contributed by atoms with Gasteiger partial charge in [0.05, 0.1) is 17.9 Å². The maximum atomic E-state index is 12.8. The molecule has 1 amide bonds. The lowest BCUT2D eigenvalue weighted by Crippen LogP contribution is -2.37. The second-order valence-electron chi connectivity index (χ2n) is 6.70. The van der Waals surface area contributed by atoms with E-state index in [-0.39, 0.29) is 6.10 Å². The van der Waals surface area contributed by atoms with Crippen LogP contribution < -0.4 is 5.32 Å². The van der Waals surface area contributed by atoms with E-state index in [0.717, 1.165) is 18.4 Å². The summed E-state index contributed by atoms with van der Waals surface area (Å²) < 4.78 is 18.1. The fraction of sp³-hybridized carbons (Fsp3) is 0.350. The Bertz CT molecular complexity index is 972. The second kappa shape index (κ2) is 7.85. The van der Waals surface area contributed by atoms with E-state index in [1.165, 1.54) is 0 Å². The number of pyridine rings is 1. The highest BCUT2D eigenvalue weighted by molar-refractivity contribution is 5.95. The highest BCUT2D eigenvalue weighted by Crippen LogP contribution is 2.24. The van der Waals surface area contributed by atoms with Crippen LogP contribution in [0.1, 0.15) is 35.0 Å². The zero-order valence-electron chi connectivity index (χ0n) is 15.5. The number of hydrogen-bond acceptors (Lipinski definition) is 6. The van der Waals surface area contributed by atoms with E-state index in [2.05, 4.69) is 10.3 Å². The van der Waals surface area contributed by atoms with Crippen LogP contribution in [0.2, 0.25) is 0 Å². The molecule has 3 aromatic heterocycles. The van der Waals surface area contributed by atoms with E-state index in [1.54, 1.807) is 54.5 Å². The van der Waals surface area contributed by atoms with Crippen LogP contribution in [-0.2, 0) is 21.3 Å². The fourth-order valence-electron chi connectivity index (χ4n) is 3.34. The molecule has 1 aliphatic heterocycles. The number of esters is 1. The molecule has 0 spiro atoms. The molecule has 1 fully saturated rings. The lowest BCUT2D eigenvalue weighted by Gasteiger charge is -2.19. The minimum atomic E-state index is -1.09. The third-order valence-corrected chi connectivity index (χ3v) is 4.87. The van der Waals surface area contributed by atoms with Crippen LogP contribution in [0.15, 0.2) is 47.3 Å². The van der Waals surface area contributed by atoms with Gasteiger partial charge in [0.15, 0.2) is 5.58 Å². The molecule has 8 heteroatoms. The van der Waals surface area contributed by atoms with Gasteiger partial charge in [0.2, 0.25) is 6.10 Å². The average Bonchev–Trinajstić information content (AvgIpc) is 3.44. The Hall–Kier alpha value is -3.13. The monoisotopic (exact) mass is 383 g/mol. The molecule has 4 rings (SSSR count). The lowest BCUT2D eigenvalue weighted by molar-refractivity contribution is -0.130. The van der Waals surface area contributed by atoms with Crippen molar-refractivity contribution < 1.29 is 23.5 Å². The van der Waals surface area contributed by atoms with Crippen molar-refractivity contribution >= 4 is 23.0 Å². The van der Waals surface area contributed by atoms with Crippen molar-refractivity contribution in [1.29, 1.82) is 0 Å². The third kappa shape index (κ3) is 3.63. The average molecular weight is 383 g/mol. The van der Waals surface area contributed by atoms with E-state index in [0.29, 0.717) is 30.0 Å². The molecule has 0 radical (unpaired) electrons. The fourth-order valence-corrected chi connectivity index (χ4v) is 3.34. The summed E-state index contributed by atoms with van der Waals surface area (Å²) in [5.74, 6) is -1.00. The SMILES string of the molecule is Cn1c(C(=O)OC(C(=O)NCC2CCCO2)c2ccncc2)cc2occc21. The first-order chi connectivity index (χ1) is 13.6. The predicted octanol–water partition coefficient (Wildman–Crippen LogP) is 2.36. The number of amides is 1. The standard InChI is InChI=1S/C20H21N3O5/c1-23-15-6-10-27-17(15)11-16(23)20(25)28-18(13-4-7-21-8-5-13)19(24)22-12-14-3-2-9-26-14/h4-8,10-11,14,18H,2-3,9,12H2,1H3,(H,22,24). The third-order valence-electron chi connectivity index (χ3n) is 4.87. The molecular formula is C20H21N3O5. The van der Waals surface area contributed by atoms with Crippen LogP contribution in [0.4, 0.5) is 0 Å². The first kappa shape index (κ1) is 18.2. The van der Waals surface area contributed by atoms with Gasteiger partial charge in [-0.15, -0.1) is 0 Å². The second-order valence-corrected chi connectivity index (χ2v) is 6.70. The zero-order valence-corrected chi connectivity index (χ0v) is 15.5. The smallest absolute Gasteiger partial charge is 0.356 e. The van der Waals surface area contributed by atoms with E-state index in [4.69, 9.17) is 13.9 Å². The highest BCUT2D eigenvalue weighted by atomic mass is 16.5. The Morgan fingerprint density at radius 3 is 2.89 bits per heavy atom. The number of rotatable bonds is 6. The Morgan fingerprint density at radius 1 is 1.36 bits per heavy atom. The molecule has 8 nitrogen and oxygen atoms in total. The summed E-state index contributed by atoms with van der Waals surface area (Å²) in [7, 11) is 1.74. The maximum Gasteiger partial charge on any atom is 0.356 e. The summed E-state index contributed by atoms with van der Waals surface area (Å²) in [4.78, 5) is 29.5. The van der Waals surface area contributed by atoms with Crippen molar-refractivity contribution in [3.8, 4) is 0 Å². The molecule has 0 saturated carbocycles. The quantitative estimate of drug-likeness (QED) is 0.657. The topological polar surface area (TPSA) is 95.6 Å². The van der Waals surface area contributed by atoms with Gasteiger partial charge in [0.25, 0.3) is 5.91 Å². The Balaban J connectivity index is 1.52. The Morgan fingerprint density at radius 2 is 2.18 bits per heavy atom. The van der Waals surface area contributed by atoms with Crippen molar-refractivity contribution in [2.75, 3.05) is 13.2 Å². The number of carbonyl (C=O) groups excluding carboxylic acids is 2. The molecule has 146 valence electrons. The van der Waals surface area contributed by atoms with Crippen LogP contribution in [0, 0.1) is 0 Å². The first-order valence-electron chi connectivity index (χ1n) is 9.16. The van der Waals surface area contributed by atoms with E-state index >= 15 is 0 Å². The summed E-state index contributed by atoms with van der Waals surface area (Å²) in [6.07, 6.45) is 5.47. The van der Waals surface area contributed by atoms with Gasteiger partial charge in [0.1, 0.15) is 5.69 Å². The number of hydrogen-bond donors (Lipinski definition) is 1. The number of carbonyl (C=O) groups is 2. The first-order valence-corrected chi connectivity index (χ1v) is 9.16. The van der Waals surface area contributed by atoms with Crippen molar-refractivity contribution in [1.82, 2.24) is 14.9 Å². The molecular weight excluding hydrogens is 362 g/mol. The normalized spacial score (nSPS) is 17.5. The molecule has 1 aliphatic rings. The summed E-state index contributed by atoms with van der Waals surface area (Å²) in [6.45, 7) is 1.09. The molecule has 4 heterocycles. The van der Waals surface area contributed by atoms with Crippen molar-refractivity contribution in [2.24, 2.45) is 7.05 Å². The Kier molecular flexibility index (Phi) is 5.12. The van der Waals surface area contributed by atoms with E-state index in [9.17, 15) is 9.59 Å². The summed E-state index contributed by atoms with van der Waals surface area (Å²) in [5.41, 5.74) is 2.21. The molecule has 3 aromatic rings. The van der Waals surface area contributed by atoms with Crippen LogP contribution in [-0.4, -0.2) is 40.7 Å². The minimum absolute atomic E-state index is 0.00229. The van der Waals surface area contributed by atoms with Gasteiger partial charge in [-0.25, -0.2) is 4.79 Å². The maximum absolute atomic E-state index is 12.8. The number of fused-ring (bicyclic) bond motifs is 1. The summed E-state index contributed by atoms with van der Waals surface area (Å²) in [5, 5.41) is 2.83. The van der Waals surface area contributed by atoms with Gasteiger partial charge in [-0.2, -0.15) is 0 Å². The van der Waals surface area contributed by atoms with Crippen molar-refractivity contribution in [3.05, 3.63) is 54.2 Å². The number of nitrogens with one attached hydrogen (secondary N) is 1. The van der Waals surface area contributed by atoms with Crippen LogP contribution in [0.5, 0.6) is 0 Å². The van der Waals surface area contributed by atoms with Crippen LogP contribution in [0.25, 0.3) is 11.1 Å². The van der Waals surface area contributed by atoms with Gasteiger partial charge in [-0.1, -0.05) is 0 Å². The number of nitrogens with zero attached hydrogens (tertiary/aromatic N) is 2. The lowest BCUT2D eigenvalue weighted by atomic mass is 10.1. The number of furan rings is 1. The summed E-state index contributed by atoms with van der Waals surface area (Å²) >= 11 is 0. The molecule has 1 saturated heterocycles. The van der Waals surface area contributed by atoms with E-state index < -0.39 is 18.0 Å². The van der Waals surface area contributed by atoms with Gasteiger partial charge in [0, 0.05) is 50.3 Å². The zero-order chi connectivity index (χ0) is 19.5. The molecule has 0 aliphatic carbocycles. The predicted molar refractivity (Wildman–Crippen MR) is 99.6 cm³/mol. The van der Waals surface area contributed by atoms with Gasteiger partial charge in [-0.05, 0) is 25.0 Å². The van der Waals surface area contributed by atoms with E-state index in [1.807, 2.05) is 0 Å². The molecule has 2 unspecified atom stereocenters. The highest BCUT2D eigenvalue weighted by Gasteiger charge is 2.28. The van der Waals surface area contributed by atoms with Gasteiger partial charge < -0.3 is 23.8 Å². The number of aromatic nitrogens is 2. The Labute approximate surface area is 161 Å². The molecule has 2 atom stereocenters. The minimum Gasteiger partial charge on any atom is -0.463 e. The van der Waals surface area contributed by atoms with Crippen molar-refractivity contribution in [3.63, 3.8) is 0 Å². The summed E-state index contributed by atoms with van der Waals surface area (Å²) in [6, 6.07) is 6.67. The van der Waals surface area contributed by atoms with Gasteiger partial charge >= 0.3 is 5.97 Å². The van der Waals surface area contributed by atoms with Gasteiger partial charge in [-0.3, -0.25) is 9.78 Å². The largest absolute Gasteiger partial charge is 0.463 e. The van der Waals surface area contributed by atoms with Crippen LogP contribution >= 0.6 is 0 Å². The number of ether oxygens (including phenoxy) is 2. The van der Waals surface area contributed by atoms with Crippen LogP contribution in [0.3, 0.4) is 0 Å². The van der Waals surface area contributed by atoms with Crippen molar-refractivity contribution in [2.45, 2.75) is 25.0 Å².